The number of ether oxygens (including phenoxy) is 1. The lowest BCUT2D eigenvalue weighted by Crippen LogP contribution is -2.41. The lowest BCUT2D eigenvalue weighted by atomic mass is 9.98. The summed E-state index contributed by atoms with van der Waals surface area (Å²) in [5.74, 6) is 1.22. The van der Waals surface area contributed by atoms with E-state index < -0.39 is 0 Å². The average molecular weight is 313 g/mol. The molecule has 1 amide bonds. The largest absolute Gasteiger partial charge is 0.494 e. The number of carbonyl (C=O) groups excluding carboxylic acids is 1. The van der Waals surface area contributed by atoms with E-state index in [0.29, 0.717) is 13.2 Å². The molecule has 1 atom stereocenters. The van der Waals surface area contributed by atoms with Crippen molar-refractivity contribution in [1.29, 1.82) is 0 Å². The van der Waals surface area contributed by atoms with Gasteiger partial charge in [-0.3, -0.25) is 4.79 Å². The minimum Gasteiger partial charge on any atom is -0.494 e. The van der Waals surface area contributed by atoms with E-state index in [9.17, 15) is 4.79 Å². The first-order chi connectivity index (χ1) is 9.72. The van der Waals surface area contributed by atoms with Gasteiger partial charge in [0.05, 0.1) is 12.5 Å². The van der Waals surface area contributed by atoms with E-state index in [4.69, 9.17) is 4.74 Å². The van der Waals surface area contributed by atoms with Crippen LogP contribution in [0.2, 0.25) is 0 Å². The molecular formula is C16H25ClN2O2. The molecule has 0 aromatic heterocycles. The topological polar surface area (TPSA) is 41.6 Å². The van der Waals surface area contributed by atoms with E-state index in [1.54, 1.807) is 0 Å². The summed E-state index contributed by atoms with van der Waals surface area (Å²) in [5, 5.41) is 3.29. The van der Waals surface area contributed by atoms with Crippen molar-refractivity contribution in [2.24, 2.45) is 5.92 Å². The Morgan fingerprint density at radius 2 is 2.19 bits per heavy atom. The maximum atomic E-state index is 12.4. The molecular weight excluding hydrogens is 288 g/mol. The van der Waals surface area contributed by atoms with Crippen LogP contribution in [-0.2, 0) is 11.3 Å². The van der Waals surface area contributed by atoms with Gasteiger partial charge in [0.15, 0.2) is 0 Å². The third-order valence-electron chi connectivity index (χ3n) is 3.70. The highest BCUT2D eigenvalue weighted by atomic mass is 35.5. The zero-order chi connectivity index (χ0) is 14.4. The van der Waals surface area contributed by atoms with Gasteiger partial charge in [-0.05, 0) is 32.4 Å². The van der Waals surface area contributed by atoms with Gasteiger partial charge in [0.2, 0.25) is 5.91 Å². The molecule has 1 fully saturated rings. The maximum absolute atomic E-state index is 12.4. The normalized spacial score (nSPS) is 17.7. The number of carbonyl (C=O) groups is 1. The van der Waals surface area contributed by atoms with E-state index in [1.165, 1.54) is 0 Å². The molecule has 1 aromatic rings. The molecule has 5 heteroatoms. The molecule has 0 aliphatic carbocycles. The number of amides is 1. The lowest BCUT2D eigenvalue weighted by Gasteiger charge is -2.27. The molecule has 1 N–H and O–H groups in total. The van der Waals surface area contributed by atoms with Crippen molar-refractivity contribution >= 4 is 18.3 Å². The second-order valence-corrected chi connectivity index (χ2v) is 5.28. The van der Waals surface area contributed by atoms with Crippen molar-refractivity contribution in [2.75, 3.05) is 26.7 Å². The van der Waals surface area contributed by atoms with Crippen molar-refractivity contribution < 1.29 is 9.53 Å². The summed E-state index contributed by atoms with van der Waals surface area (Å²) >= 11 is 0. The van der Waals surface area contributed by atoms with Crippen LogP contribution in [-0.4, -0.2) is 37.6 Å². The third-order valence-corrected chi connectivity index (χ3v) is 3.70. The number of hydrogen-bond acceptors (Lipinski definition) is 3. The Bertz CT molecular complexity index is 448. The Balaban J connectivity index is 0.00000220. The molecule has 0 saturated carbocycles. The van der Waals surface area contributed by atoms with E-state index in [2.05, 4.69) is 5.32 Å². The van der Waals surface area contributed by atoms with E-state index in [-0.39, 0.29) is 24.2 Å². The first-order valence-corrected chi connectivity index (χ1v) is 7.38. The van der Waals surface area contributed by atoms with Crippen LogP contribution in [0.3, 0.4) is 0 Å². The fourth-order valence-corrected chi connectivity index (χ4v) is 2.64. The number of para-hydroxylation sites is 1. The van der Waals surface area contributed by atoms with Crippen molar-refractivity contribution in [2.45, 2.75) is 26.3 Å². The van der Waals surface area contributed by atoms with Gasteiger partial charge in [-0.1, -0.05) is 18.2 Å². The number of benzene rings is 1. The number of hydrogen-bond donors (Lipinski definition) is 1. The quantitative estimate of drug-likeness (QED) is 0.908. The second kappa shape index (κ2) is 8.90. The van der Waals surface area contributed by atoms with E-state index in [0.717, 1.165) is 37.2 Å². The number of nitrogens with zero attached hydrogens (tertiary/aromatic N) is 1. The molecule has 1 saturated heterocycles. The third kappa shape index (κ3) is 4.90. The number of halogens is 1. The highest BCUT2D eigenvalue weighted by molar-refractivity contribution is 5.85. The zero-order valence-corrected chi connectivity index (χ0v) is 13.6. The van der Waals surface area contributed by atoms with Crippen molar-refractivity contribution in [3.63, 3.8) is 0 Å². The fourth-order valence-electron chi connectivity index (χ4n) is 2.64. The van der Waals surface area contributed by atoms with Gasteiger partial charge in [0, 0.05) is 25.7 Å². The Morgan fingerprint density at radius 3 is 2.86 bits per heavy atom. The minimum atomic E-state index is 0. The zero-order valence-electron chi connectivity index (χ0n) is 12.8. The van der Waals surface area contributed by atoms with Gasteiger partial charge in [-0.2, -0.15) is 0 Å². The van der Waals surface area contributed by atoms with Crippen molar-refractivity contribution in [3.8, 4) is 5.75 Å². The molecule has 1 aromatic carbocycles. The van der Waals surface area contributed by atoms with Crippen LogP contribution in [0.25, 0.3) is 0 Å². The van der Waals surface area contributed by atoms with E-state index >= 15 is 0 Å². The molecule has 1 aliphatic rings. The number of nitrogens with one attached hydrogen (secondary N) is 1. The van der Waals surface area contributed by atoms with Crippen LogP contribution < -0.4 is 10.1 Å². The summed E-state index contributed by atoms with van der Waals surface area (Å²) in [5.41, 5.74) is 1.06. The smallest absolute Gasteiger partial charge is 0.227 e. The van der Waals surface area contributed by atoms with Crippen molar-refractivity contribution in [1.82, 2.24) is 10.2 Å². The van der Waals surface area contributed by atoms with Gasteiger partial charge >= 0.3 is 0 Å². The Labute approximate surface area is 133 Å². The molecule has 1 unspecified atom stereocenters. The SMILES string of the molecule is CCOc1ccccc1CN(C)C(=O)C1CCCNC1.Cl. The lowest BCUT2D eigenvalue weighted by molar-refractivity contribution is -0.135. The molecule has 0 spiro atoms. The number of rotatable bonds is 5. The Hall–Kier alpha value is -1.26. The highest BCUT2D eigenvalue weighted by Crippen LogP contribution is 2.21. The molecule has 1 aliphatic heterocycles. The highest BCUT2D eigenvalue weighted by Gasteiger charge is 2.24. The molecule has 4 nitrogen and oxygen atoms in total. The average Bonchev–Trinajstić information content (AvgIpc) is 2.49. The molecule has 2 rings (SSSR count). The standard InChI is InChI=1S/C16H24N2O2.ClH/c1-3-20-15-9-5-4-7-14(15)12-18(2)16(19)13-8-6-10-17-11-13;/h4-5,7,9,13,17H,3,6,8,10-12H2,1-2H3;1H. The summed E-state index contributed by atoms with van der Waals surface area (Å²) in [6, 6.07) is 7.92. The molecule has 1 heterocycles. The fraction of sp³-hybridized carbons (Fsp3) is 0.562. The Kier molecular flexibility index (Phi) is 7.54. The predicted octanol–water partition coefficient (Wildman–Crippen LogP) is 2.47. The summed E-state index contributed by atoms with van der Waals surface area (Å²) in [7, 11) is 1.87. The van der Waals surface area contributed by atoms with E-state index in [1.807, 2.05) is 43.1 Å². The second-order valence-electron chi connectivity index (χ2n) is 5.28. The monoisotopic (exact) mass is 312 g/mol. The summed E-state index contributed by atoms with van der Waals surface area (Å²) in [6.45, 7) is 5.04. The summed E-state index contributed by atoms with van der Waals surface area (Å²) < 4.78 is 5.61. The van der Waals surface area contributed by atoms with Gasteiger partial charge in [-0.15, -0.1) is 12.4 Å². The summed E-state index contributed by atoms with van der Waals surface area (Å²) in [6.07, 6.45) is 2.07. The van der Waals surface area contributed by atoms with Gasteiger partial charge in [-0.25, -0.2) is 0 Å². The van der Waals surface area contributed by atoms with Gasteiger partial charge in [0.25, 0.3) is 0 Å². The van der Waals surface area contributed by atoms with Gasteiger partial charge in [0.1, 0.15) is 5.75 Å². The van der Waals surface area contributed by atoms with Crippen LogP contribution in [0.1, 0.15) is 25.3 Å². The van der Waals surface area contributed by atoms with Crippen LogP contribution in [0.4, 0.5) is 0 Å². The van der Waals surface area contributed by atoms with Crippen LogP contribution >= 0.6 is 12.4 Å². The minimum absolute atomic E-state index is 0. The maximum Gasteiger partial charge on any atom is 0.227 e. The summed E-state index contributed by atoms with van der Waals surface area (Å²) in [4.78, 5) is 14.2. The number of piperidine rings is 1. The van der Waals surface area contributed by atoms with Gasteiger partial charge < -0.3 is 15.0 Å². The van der Waals surface area contributed by atoms with Crippen molar-refractivity contribution in [3.05, 3.63) is 29.8 Å². The first-order valence-electron chi connectivity index (χ1n) is 7.38. The molecule has 118 valence electrons. The van der Waals surface area contributed by atoms with Crippen LogP contribution in [0.15, 0.2) is 24.3 Å². The molecule has 0 radical (unpaired) electrons. The molecule has 21 heavy (non-hydrogen) atoms. The van der Waals surface area contributed by atoms with Crippen LogP contribution in [0.5, 0.6) is 5.75 Å². The first kappa shape index (κ1) is 17.8. The van der Waals surface area contributed by atoms with Crippen LogP contribution in [0, 0.1) is 5.92 Å². The molecule has 0 bridgehead atoms. The predicted molar refractivity (Wildman–Crippen MR) is 86.9 cm³/mol. The Morgan fingerprint density at radius 1 is 1.43 bits per heavy atom.